The van der Waals surface area contributed by atoms with Gasteiger partial charge in [0.15, 0.2) is 0 Å². The first-order valence-electron chi connectivity index (χ1n) is 5.74. The molecule has 1 aliphatic carbocycles. The Bertz CT molecular complexity index is 460. The number of hydrogen-bond acceptors (Lipinski definition) is 3. The molecule has 0 saturated heterocycles. The van der Waals surface area contributed by atoms with Crippen molar-refractivity contribution in [3.05, 3.63) is 27.8 Å². The van der Waals surface area contributed by atoms with Gasteiger partial charge in [-0.15, -0.1) is 0 Å². The minimum absolute atomic E-state index is 0. The van der Waals surface area contributed by atoms with Crippen LogP contribution in [0.15, 0.2) is 6.07 Å². The fourth-order valence-electron chi connectivity index (χ4n) is 2.44. The van der Waals surface area contributed by atoms with E-state index in [0.29, 0.717) is 5.02 Å². The zero-order valence-electron chi connectivity index (χ0n) is 10.7. The van der Waals surface area contributed by atoms with Crippen LogP contribution < -0.4 is 39.4 Å². The number of ether oxygens (including phenoxy) is 1. The summed E-state index contributed by atoms with van der Waals surface area (Å²) in [5, 5.41) is 11.6. The normalized spacial score (nSPS) is 14.1. The topological polar surface area (TPSA) is 49.4 Å². The first kappa shape index (κ1) is 15.8. The number of aromatic carboxylic acids is 1. The molecule has 0 aromatic heterocycles. The summed E-state index contributed by atoms with van der Waals surface area (Å²) in [5.74, 6) is -0.977. The third-order valence-corrected chi connectivity index (χ3v) is 3.50. The second-order valence-corrected chi connectivity index (χ2v) is 4.66. The summed E-state index contributed by atoms with van der Waals surface area (Å²) in [6.45, 7) is 0. The van der Waals surface area contributed by atoms with Crippen molar-refractivity contribution in [2.75, 3.05) is 7.11 Å². The zero-order chi connectivity index (χ0) is 12.4. The summed E-state index contributed by atoms with van der Waals surface area (Å²) in [5.41, 5.74) is 1.99. The predicted octanol–water partition coefficient (Wildman–Crippen LogP) is -1.01. The van der Waals surface area contributed by atoms with Gasteiger partial charge in [-0.1, -0.05) is 18.0 Å². The van der Waals surface area contributed by atoms with Crippen molar-refractivity contribution in [1.82, 2.24) is 0 Å². The van der Waals surface area contributed by atoms with E-state index in [0.717, 1.165) is 43.2 Å². The molecule has 0 amide bonds. The molecule has 0 saturated carbocycles. The number of halogens is 1. The summed E-state index contributed by atoms with van der Waals surface area (Å²) < 4.78 is 5.09. The van der Waals surface area contributed by atoms with Crippen molar-refractivity contribution < 1.29 is 44.2 Å². The predicted molar refractivity (Wildman–Crippen MR) is 63.6 cm³/mol. The van der Waals surface area contributed by atoms with Crippen molar-refractivity contribution in [1.29, 1.82) is 0 Å². The largest absolute Gasteiger partial charge is 1.00 e. The number of carboxylic acids is 1. The van der Waals surface area contributed by atoms with Crippen LogP contribution >= 0.6 is 11.6 Å². The zero-order valence-corrected chi connectivity index (χ0v) is 13.5. The van der Waals surface area contributed by atoms with Crippen molar-refractivity contribution >= 4 is 17.6 Å². The molecule has 0 fully saturated rings. The van der Waals surface area contributed by atoms with Crippen LogP contribution in [0.5, 0.6) is 5.75 Å². The molecular formula is C13H14ClNaO3. The van der Waals surface area contributed by atoms with Crippen molar-refractivity contribution in [3.63, 3.8) is 0 Å². The molecule has 0 N–H and O–H groups in total. The average Bonchev–Trinajstić information content (AvgIpc) is 2.51. The molecule has 92 valence electrons. The first-order chi connectivity index (χ1) is 8.15. The third-order valence-electron chi connectivity index (χ3n) is 3.22. The Balaban J connectivity index is 0.00000162. The standard InChI is InChI=1S/C13H15ClO3.Na/c1-17-12-10(14)7-8-5-3-2-4-6-9(8)11(12)13(15)16;/h7H,2-6H2,1H3,(H,15,16);/q;+1/p-1. The molecule has 1 aromatic carbocycles. The van der Waals surface area contributed by atoms with Crippen LogP contribution in [0.1, 0.15) is 40.7 Å². The molecule has 3 nitrogen and oxygen atoms in total. The minimum Gasteiger partial charge on any atom is -0.545 e. The van der Waals surface area contributed by atoms with E-state index in [2.05, 4.69) is 0 Å². The number of hydrogen-bond donors (Lipinski definition) is 0. The van der Waals surface area contributed by atoms with E-state index in [-0.39, 0.29) is 40.9 Å². The number of carboxylic acid groups (broad SMARTS) is 1. The smallest absolute Gasteiger partial charge is 0.545 e. The number of rotatable bonds is 2. The molecule has 18 heavy (non-hydrogen) atoms. The van der Waals surface area contributed by atoms with Gasteiger partial charge in [-0.05, 0) is 42.9 Å². The minimum atomic E-state index is -1.21. The van der Waals surface area contributed by atoms with Crippen LogP contribution in [0.4, 0.5) is 0 Å². The van der Waals surface area contributed by atoms with Crippen LogP contribution in [-0.2, 0) is 12.8 Å². The molecule has 2 rings (SSSR count). The molecular weight excluding hydrogens is 263 g/mol. The molecule has 1 aromatic rings. The molecule has 0 bridgehead atoms. The molecule has 1 aliphatic rings. The van der Waals surface area contributed by atoms with Crippen molar-refractivity contribution in [2.24, 2.45) is 0 Å². The molecule has 0 radical (unpaired) electrons. The summed E-state index contributed by atoms with van der Waals surface area (Å²) in [6, 6.07) is 1.83. The van der Waals surface area contributed by atoms with Crippen molar-refractivity contribution in [3.8, 4) is 5.75 Å². The Labute approximate surface area is 134 Å². The van der Waals surface area contributed by atoms with Gasteiger partial charge < -0.3 is 14.6 Å². The van der Waals surface area contributed by atoms with E-state index in [9.17, 15) is 9.90 Å². The number of carbonyl (C=O) groups excluding carboxylic acids is 1. The van der Waals surface area contributed by atoms with Gasteiger partial charge in [0.25, 0.3) is 0 Å². The Hall–Kier alpha value is -0.220. The van der Waals surface area contributed by atoms with E-state index in [1.54, 1.807) is 0 Å². The number of benzene rings is 1. The molecule has 0 heterocycles. The van der Waals surface area contributed by atoms with Gasteiger partial charge in [-0.3, -0.25) is 0 Å². The summed E-state index contributed by atoms with van der Waals surface area (Å²) in [4.78, 5) is 11.3. The fourth-order valence-corrected chi connectivity index (χ4v) is 2.74. The van der Waals surface area contributed by atoms with E-state index in [1.165, 1.54) is 7.11 Å². The van der Waals surface area contributed by atoms with Gasteiger partial charge in [0.1, 0.15) is 5.75 Å². The number of carbonyl (C=O) groups is 1. The molecule has 5 heteroatoms. The van der Waals surface area contributed by atoms with Gasteiger partial charge in [-0.2, -0.15) is 0 Å². The molecule has 0 spiro atoms. The van der Waals surface area contributed by atoms with Crippen LogP contribution in [0, 0.1) is 0 Å². The van der Waals surface area contributed by atoms with Gasteiger partial charge in [0, 0.05) is 5.56 Å². The average molecular weight is 277 g/mol. The number of fused-ring (bicyclic) bond motifs is 1. The summed E-state index contributed by atoms with van der Waals surface area (Å²) in [7, 11) is 1.43. The first-order valence-corrected chi connectivity index (χ1v) is 6.12. The van der Waals surface area contributed by atoms with E-state index in [4.69, 9.17) is 16.3 Å². The Morgan fingerprint density at radius 2 is 2.00 bits per heavy atom. The third kappa shape index (κ3) is 3.02. The second-order valence-electron chi connectivity index (χ2n) is 4.25. The van der Waals surface area contributed by atoms with E-state index < -0.39 is 5.97 Å². The maximum absolute atomic E-state index is 11.3. The number of aryl methyl sites for hydroxylation is 1. The van der Waals surface area contributed by atoms with Gasteiger partial charge in [0.05, 0.1) is 18.1 Å². The summed E-state index contributed by atoms with van der Waals surface area (Å²) >= 11 is 6.05. The molecule has 0 atom stereocenters. The van der Waals surface area contributed by atoms with Gasteiger partial charge in [-0.25, -0.2) is 0 Å². The quantitative estimate of drug-likeness (QED) is 0.514. The fraction of sp³-hybridized carbons (Fsp3) is 0.462. The van der Waals surface area contributed by atoms with Crippen LogP contribution in [0.25, 0.3) is 0 Å². The second kappa shape index (κ2) is 6.80. The monoisotopic (exact) mass is 276 g/mol. The molecule has 0 unspecified atom stereocenters. The number of methoxy groups -OCH3 is 1. The van der Waals surface area contributed by atoms with Crippen molar-refractivity contribution in [2.45, 2.75) is 32.1 Å². The van der Waals surface area contributed by atoms with E-state index >= 15 is 0 Å². The SMILES string of the molecule is COc1c(Cl)cc2c(c1C(=O)[O-])CCCCC2.[Na+]. The molecule has 0 aliphatic heterocycles. The van der Waals surface area contributed by atoms with Crippen LogP contribution in [-0.4, -0.2) is 13.1 Å². The van der Waals surface area contributed by atoms with Crippen LogP contribution in [0.2, 0.25) is 5.02 Å². The Morgan fingerprint density at radius 3 is 2.61 bits per heavy atom. The summed E-state index contributed by atoms with van der Waals surface area (Å²) in [6.07, 6.45) is 4.81. The maximum Gasteiger partial charge on any atom is 1.00 e. The van der Waals surface area contributed by atoms with Gasteiger partial charge in [0.2, 0.25) is 0 Å². The van der Waals surface area contributed by atoms with E-state index in [1.807, 2.05) is 6.07 Å². The Morgan fingerprint density at radius 1 is 1.33 bits per heavy atom. The Kier molecular flexibility index (Phi) is 5.99. The van der Waals surface area contributed by atoms with Crippen LogP contribution in [0.3, 0.4) is 0 Å². The van der Waals surface area contributed by atoms with Gasteiger partial charge >= 0.3 is 29.6 Å². The maximum atomic E-state index is 11.3.